The van der Waals surface area contributed by atoms with Gasteiger partial charge in [0.25, 0.3) is 0 Å². The van der Waals surface area contributed by atoms with Gasteiger partial charge in [0, 0.05) is 21.9 Å². The average molecular weight is 515 g/mol. The summed E-state index contributed by atoms with van der Waals surface area (Å²) in [6.45, 7) is 1.92. The van der Waals surface area contributed by atoms with E-state index in [2.05, 4.69) is 20.2 Å². The molecule has 0 radical (unpaired) electrons. The van der Waals surface area contributed by atoms with Crippen LogP contribution in [0.15, 0.2) is 88.3 Å². The average Bonchev–Trinajstić information content (AvgIpc) is 3.54. The van der Waals surface area contributed by atoms with E-state index in [0.29, 0.717) is 33.7 Å². The van der Waals surface area contributed by atoms with Crippen LogP contribution in [0.25, 0.3) is 55.1 Å². The summed E-state index contributed by atoms with van der Waals surface area (Å²) in [5, 5.41) is 14.6. The summed E-state index contributed by atoms with van der Waals surface area (Å²) in [6.07, 6.45) is 1.40. The summed E-state index contributed by atoms with van der Waals surface area (Å²) < 4.78 is 7.76. The van der Waals surface area contributed by atoms with Gasteiger partial charge in [-0.05, 0) is 30.7 Å². The van der Waals surface area contributed by atoms with Gasteiger partial charge in [-0.3, -0.25) is 5.10 Å². The molecule has 1 atom stereocenters. The van der Waals surface area contributed by atoms with Gasteiger partial charge in [-0.1, -0.05) is 54.6 Å². The van der Waals surface area contributed by atoms with Crippen molar-refractivity contribution in [3.8, 4) is 22.4 Å². The molecular weight excluding hydrogens is 492 g/mol. The molecule has 0 saturated heterocycles. The second-order valence-electron chi connectivity index (χ2n) is 9.34. The number of anilines is 2. The lowest BCUT2D eigenvalue weighted by molar-refractivity contribution is 0.405. The summed E-state index contributed by atoms with van der Waals surface area (Å²) in [5.74, 6) is 1.14. The van der Waals surface area contributed by atoms with E-state index in [4.69, 9.17) is 21.0 Å². The smallest absolute Gasteiger partial charge is 0.343 e. The summed E-state index contributed by atoms with van der Waals surface area (Å²) >= 11 is 0. The van der Waals surface area contributed by atoms with Crippen molar-refractivity contribution < 1.29 is 4.42 Å². The maximum Gasteiger partial charge on any atom is 0.343 e. The lowest BCUT2D eigenvalue weighted by Gasteiger charge is -2.18. The Hall–Kier alpha value is -5.51. The molecule has 39 heavy (non-hydrogen) atoms. The molecule has 1 unspecified atom stereocenters. The van der Waals surface area contributed by atoms with Crippen molar-refractivity contribution in [1.29, 1.82) is 0 Å². The molecule has 190 valence electrons. The number of H-pyrrole nitrogens is 1. The zero-order valence-electron chi connectivity index (χ0n) is 20.8. The number of benzene rings is 3. The first kappa shape index (κ1) is 22.7. The first-order valence-corrected chi connectivity index (χ1v) is 12.3. The summed E-state index contributed by atoms with van der Waals surface area (Å²) in [4.78, 5) is 21.9. The first-order chi connectivity index (χ1) is 19.0. The maximum atomic E-state index is 13.1. The molecular formula is C29H22N8O2. The molecule has 0 aliphatic rings. The van der Waals surface area contributed by atoms with Crippen LogP contribution in [0.2, 0.25) is 0 Å². The van der Waals surface area contributed by atoms with Crippen LogP contribution in [-0.2, 0) is 0 Å². The molecule has 0 aliphatic carbocycles. The highest BCUT2D eigenvalue weighted by Gasteiger charge is 2.26. The SMILES string of the molecule is CC(c1oc(=O)c2ccccc2c1-c1ccccc1)n1nc(-c2ccc3[nH]nc(N)c3c2)c2c(N)ncnc21. The van der Waals surface area contributed by atoms with Crippen molar-refractivity contribution in [1.82, 2.24) is 29.9 Å². The van der Waals surface area contributed by atoms with Crippen molar-refractivity contribution in [2.24, 2.45) is 0 Å². The number of hydrogen-bond acceptors (Lipinski definition) is 8. The van der Waals surface area contributed by atoms with Gasteiger partial charge in [0.2, 0.25) is 0 Å². The van der Waals surface area contributed by atoms with Gasteiger partial charge in [0.05, 0.1) is 16.3 Å². The van der Waals surface area contributed by atoms with Gasteiger partial charge in [-0.15, -0.1) is 0 Å². The van der Waals surface area contributed by atoms with Crippen LogP contribution in [0.1, 0.15) is 18.7 Å². The zero-order valence-corrected chi connectivity index (χ0v) is 20.8. The number of nitrogens with one attached hydrogen (secondary N) is 1. The lowest BCUT2D eigenvalue weighted by atomic mass is 9.96. The Balaban J connectivity index is 1.50. The van der Waals surface area contributed by atoms with Gasteiger partial charge >= 0.3 is 5.63 Å². The van der Waals surface area contributed by atoms with E-state index < -0.39 is 11.7 Å². The zero-order chi connectivity index (χ0) is 26.7. The first-order valence-electron chi connectivity index (χ1n) is 12.3. The fraction of sp³-hybridized carbons (Fsp3) is 0.0690. The predicted octanol–water partition coefficient (Wildman–Crippen LogP) is 4.92. The van der Waals surface area contributed by atoms with Gasteiger partial charge in [0.15, 0.2) is 11.5 Å². The van der Waals surface area contributed by atoms with Crippen molar-refractivity contribution in [3.05, 3.63) is 95.3 Å². The Kier molecular flexibility index (Phi) is 4.95. The number of aromatic nitrogens is 6. The molecule has 0 fully saturated rings. The van der Waals surface area contributed by atoms with Crippen molar-refractivity contribution in [2.45, 2.75) is 13.0 Å². The molecule has 0 amide bonds. The number of aromatic amines is 1. The molecule has 7 rings (SSSR count). The second kappa shape index (κ2) is 8.52. The van der Waals surface area contributed by atoms with Gasteiger partial charge in [-0.2, -0.15) is 10.2 Å². The predicted molar refractivity (Wildman–Crippen MR) is 151 cm³/mol. The Morgan fingerprint density at radius 3 is 2.46 bits per heavy atom. The molecule has 3 aromatic carbocycles. The maximum absolute atomic E-state index is 13.1. The highest BCUT2D eigenvalue weighted by atomic mass is 16.4. The molecule has 10 heteroatoms. The third kappa shape index (κ3) is 3.46. The van der Waals surface area contributed by atoms with Crippen molar-refractivity contribution in [3.63, 3.8) is 0 Å². The number of fused-ring (bicyclic) bond motifs is 3. The van der Waals surface area contributed by atoms with Crippen LogP contribution in [0.4, 0.5) is 11.6 Å². The molecule has 4 aromatic heterocycles. The molecule has 7 aromatic rings. The molecule has 0 spiro atoms. The monoisotopic (exact) mass is 514 g/mol. The normalized spacial score (nSPS) is 12.4. The van der Waals surface area contributed by atoms with E-state index in [1.54, 1.807) is 10.7 Å². The van der Waals surface area contributed by atoms with E-state index in [9.17, 15) is 4.79 Å². The second-order valence-corrected chi connectivity index (χ2v) is 9.34. The highest BCUT2D eigenvalue weighted by Crippen LogP contribution is 2.38. The lowest BCUT2D eigenvalue weighted by Crippen LogP contribution is -2.14. The fourth-order valence-corrected chi connectivity index (χ4v) is 5.17. The van der Waals surface area contributed by atoms with Crippen LogP contribution >= 0.6 is 0 Å². The van der Waals surface area contributed by atoms with E-state index in [1.807, 2.05) is 73.7 Å². The molecule has 4 heterocycles. The summed E-state index contributed by atoms with van der Waals surface area (Å²) in [7, 11) is 0. The highest BCUT2D eigenvalue weighted by molar-refractivity contribution is 6.01. The Morgan fingerprint density at radius 2 is 1.64 bits per heavy atom. The largest absolute Gasteiger partial charge is 0.424 e. The molecule has 5 N–H and O–H groups in total. The third-order valence-corrected chi connectivity index (χ3v) is 7.06. The summed E-state index contributed by atoms with van der Waals surface area (Å²) in [6, 6.07) is 22.5. The number of nitrogens with zero attached hydrogens (tertiary/aromatic N) is 5. The van der Waals surface area contributed by atoms with Gasteiger partial charge in [0.1, 0.15) is 29.6 Å². The fourth-order valence-electron chi connectivity index (χ4n) is 5.17. The van der Waals surface area contributed by atoms with E-state index >= 15 is 0 Å². The van der Waals surface area contributed by atoms with Crippen LogP contribution in [0.3, 0.4) is 0 Å². The minimum absolute atomic E-state index is 0.289. The quantitative estimate of drug-likeness (QED) is 0.299. The van der Waals surface area contributed by atoms with Gasteiger partial charge < -0.3 is 15.9 Å². The Bertz CT molecular complexity index is 2090. The van der Waals surface area contributed by atoms with E-state index in [1.165, 1.54) is 6.33 Å². The standard InChI is InChI=1S/C29H22N8O2/c1-15(25-22(16-7-3-2-4-8-16)18-9-5-6-10-19(18)29(38)39-25)37-28-23(27(31)32-14-33-28)24(36-37)17-11-12-21-20(13-17)26(30)35-34-21/h2-15H,1H3,(H3,30,34,35)(H2,31,32,33). The number of hydrogen-bond donors (Lipinski definition) is 3. The minimum atomic E-state index is -0.522. The Morgan fingerprint density at radius 1 is 0.872 bits per heavy atom. The van der Waals surface area contributed by atoms with Crippen LogP contribution in [0.5, 0.6) is 0 Å². The van der Waals surface area contributed by atoms with E-state index in [0.717, 1.165) is 33.0 Å². The van der Waals surface area contributed by atoms with E-state index in [-0.39, 0.29) is 5.82 Å². The topological polar surface area (TPSA) is 155 Å². The molecule has 10 nitrogen and oxygen atoms in total. The minimum Gasteiger partial charge on any atom is -0.424 e. The van der Waals surface area contributed by atoms with Crippen LogP contribution < -0.4 is 17.1 Å². The van der Waals surface area contributed by atoms with Gasteiger partial charge in [-0.25, -0.2) is 19.4 Å². The van der Waals surface area contributed by atoms with Crippen LogP contribution in [0, 0.1) is 0 Å². The van der Waals surface area contributed by atoms with Crippen molar-refractivity contribution in [2.75, 3.05) is 11.5 Å². The summed E-state index contributed by atoms with van der Waals surface area (Å²) in [5.41, 5.74) is 16.4. The molecule has 0 aliphatic heterocycles. The van der Waals surface area contributed by atoms with Crippen LogP contribution in [-0.4, -0.2) is 29.9 Å². The molecule has 0 saturated carbocycles. The molecule has 0 bridgehead atoms. The number of nitrogen functional groups attached to an aromatic ring is 2. The number of rotatable bonds is 4. The van der Waals surface area contributed by atoms with Crippen molar-refractivity contribution >= 4 is 44.3 Å². The third-order valence-electron chi connectivity index (χ3n) is 7.06. The number of nitrogens with two attached hydrogens (primary N) is 2. The Labute approximate surface area is 220 Å².